The highest BCUT2D eigenvalue weighted by Gasteiger charge is 2.31. The number of nitrogens with one attached hydrogen (secondary N) is 1. The summed E-state index contributed by atoms with van der Waals surface area (Å²) in [4.78, 5) is 29.2. The third kappa shape index (κ3) is 4.73. The molecule has 6 heteroatoms. The van der Waals surface area contributed by atoms with Gasteiger partial charge in [-0.2, -0.15) is 0 Å². The first-order chi connectivity index (χ1) is 14.5. The van der Waals surface area contributed by atoms with E-state index in [1.807, 2.05) is 42.5 Å². The molecule has 2 amide bonds. The average molecular weight is 441 g/mol. The zero-order valence-corrected chi connectivity index (χ0v) is 18.5. The van der Waals surface area contributed by atoms with Crippen LogP contribution in [0.4, 0.5) is 5.69 Å². The van der Waals surface area contributed by atoms with Crippen molar-refractivity contribution in [3.05, 3.63) is 64.0 Å². The van der Waals surface area contributed by atoms with Crippen molar-refractivity contribution in [1.82, 2.24) is 5.32 Å². The molecule has 0 spiro atoms. The Morgan fingerprint density at radius 1 is 1.13 bits per heavy atom. The number of amides is 2. The van der Waals surface area contributed by atoms with Crippen LogP contribution in [0.1, 0.15) is 38.2 Å². The van der Waals surface area contributed by atoms with Crippen molar-refractivity contribution in [2.75, 3.05) is 11.4 Å². The van der Waals surface area contributed by atoms with Crippen LogP contribution in [0, 0.1) is 5.92 Å². The predicted molar refractivity (Wildman–Crippen MR) is 124 cm³/mol. The highest BCUT2D eigenvalue weighted by Crippen LogP contribution is 2.42. The molecule has 1 aliphatic carbocycles. The van der Waals surface area contributed by atoms with Gasteiger partial charge in [0.05, 0.1) is 10.6 Å². The normalized spacial score (nSPS) is 22.7. The lowest BCUT2D eigenvalue weighted by Crippen LogP contribution is -2.46. The van der Waals surface area contributed by atoms with Crippen molar-refractivity contribution in [3.63, 3.8) is 0 Å². The van der Waals surface area contributed by atoms with E-state index in [9.17, 15) is 9.59 Å². The summed E-state index contributed by atoms with van der Waals surface area (Å²) in [6, 6.07) is 15.3. The monoisotopic (exact) mass is 440 g/mol. The van der Waals surface area contributed by atoms with E-state index in [0.717, 1.165) is 47.7 Å². The summed E-state index contributed by atoms with van der Waals surface area (Å²) in [6.07, 6.45) is 6.09. The fourth-order valence-electron chi connectivity index (χ4n) is 3.97. The van der Waals surface area contributed by atoms with Crippen molar-refractivity contribution in [2.45, 2.75) is 43.5 Å². The molecule has 1 N–H and O–H groups in total. The van der Waals surface area contributed by atoms with Crippen LogP contribution in [0.2, 0.25) is 5.02 Å². The largest absolute Gasteiger partial charge is 0.352 e. The molecule has 1 heterocycles. The van der Waals surface area contributed by atoms with Crippen molar-refractivity contribution in [1.29, 1.82) is 0 Å². The van der Waals surface area contributed by atoms with Gasteiger partial charge in [0.1, 0.15) is 6.54 Å². The Kier molecular flexibility index (Phi) is 6.49. The molecule has 0 aromatic heterocycles. The Morgan fingerprint density at radius 2 is 1.83 bits per heavy atom. The molecule has 1 saturated carbocycles. The summed E-state index contributed by atoms with van der Waals surface area (Å²) in [5, 5.41) is 3.72. The second-order valence-electron chi connectivity index (χ2n) is 8.02. The van der Waals surface area contributed by atoms with Crippen LogP contribution in [0.3, 0.4) is 0 Å². The second-order valence-corrected chi connectivity index (χ2v) is 9.51. The Bertz CT molecular complexity index is 983. The van der Waals surface area contributed by atoms with Crippen molar-refractivity contribution >= 4 is 46.9 Å². The average Bonchev–Trinajstić information content (AvgIpc) is 2.74. The standard InChI is InChI=1S/C24H25ClN2O2S/c1-16-10-12-18(13-11-16)26-23(28)15-27-20-8-4-5-9-21(20)30-22(24(27)29)14-17-6-2-3-7-19(17)25/h2-9,14,16,18H,10-13,15H2,1H3,(H,26,28)/b22-14+. The Labute approximate surface area is 186 Å². The zero-order valence-electron chi connectivity index (χ0n) is 16.9. The minimum Gasteiger partial charge on any atom is -0.352 e. The van der Waals surface area contributed by atoms with Gasteiger partial charge < -0.3 is 5.32 Å². The van der Waals surface area contributed by atoms with Gasteiger partial charge in [-0.05, 0) is 61.4 Å². The summed E-state index contributed by atoms with van der Waals surface area (Å²) in [7, 11) is 0. The molecule has 2 aliphatic rings. The fraction of sp³-hybridized carbons (Fsp3) is 0.333. The number of para-hydroxylation sites is 1. The van der Waals surface area contributed by atoms with Crippen molar-refractivity contribution in [2.24, 2.45) is 5.92 Å². The van der Waals surface area contributed by atoms with Gasteiger partial charge in [-0.1, -0.05) is 60.6 Å². The summed E-state index contributed by atoms with van der Waals surface area (Å²) in [5.74, 6) is 0.441. The minimum atomic E-state index is -0.175. The first kappa shape index (κ1) is 21.0. The number of hydrogen-bond donors (Lipinski definition) is 1. The van der Waals surface area contributed by atoms with Crippen molar-refractivity contribution < 1.29 is 9.59 Å². The summed E-state index contributed by atoms with van der Waals surface area (Å²) in [6.45, 7) is 2.27. The first-order valence-corrected chi connectivity index (χ1v) is 11.5. The molecule has 1 aliphatic heterocycles. The van der Waals surface area contributed by atoms with Crippen LogP contribution >= 0.6 is 23.4 Å². The molecule has 4 nitrogen and oxygen atoms in total. The molecule has 0 unspecified atom stereocenters. The van der Waals surface area contributed by atoms with Crippen LogP contribution in [-0.2, 0) is 9.59 Å². The van der Waals surface area contributed by atoms with Gasteiger partial charge in [-0.25, -0.2) is 0 Å². The molecule has 30 heavy (non-hydrogen) atoms. The molecular formula is C24H25ClN2O2S. The van der Waals surface area contributed by atoms with Gasteiger partial charge in [-0.3, -0.25) is 14.5 Å². The summed E-state index contributed by atoms with van der Waals surface area (Å²) < 4.78 is 0. The predicted octanol–water partition coefficient (Wildman–Crippen LogP) is 5.51. The SMILES string of the molecule is CC1CCC(NC(=O)CN2C(=O)/C(=C\c3ccccc3Cl)Sc3ccccc32)CC1. The Balaban J connectivity index is 1.56. The number of nitrogens with zero attached hydrogens (tertiary/aromatic N) is 1. The highest BCUT2D eigenvalue weighted by atomic mass is 35.5. The maximum atomic E-state index is 13.3. The van der Waals surface area contributed by atoms with E-state index in [-0.39, 0.29) is 24.4 Å². The minimum absolute atomic E-state index is 0.0162. The lowest BCUT2D eigenvalue weighted by atomic mass is 9.87. The van der Waals surface area contributed by atoms with E-state index in [1.54, 1.807) is 17.0 Å². The number of rotatable bonds is 4. The third-order valence-corrected chi connectivity index (χ3v) is 7.13. The highest BCUT2D eigenvalue weighted by molar-refractivity contribution is 8.04. The van der Waals surface area contributed by atoms with Crippen LogP contribution in [0.25, 0.3) is 6.08 Å². The van der Waals surface area contributed by atoms with Crippen LogP contribution in [0.15, 0.2) is 58.3 Å². The second kappa shape index (κ2) is 9.27. The number of carbonyl (C=O) groups excluding carboxylic acids is 2. The maximum absolute atomic E-state index is 13.3. The molecule has 1 fully saturated rings. The van der Waals surface area contributed by atoms with E-state index in [4.69, 9.17) is 11.6 Å². The number of hydrogen-bond acceptors (Lipinski definition) is 3. The van der Waals surface area contributed by atoms with E-state index >= 15 is 0 Å². The van der Waals surface area contributed by atoms with Crippen molar-refractivity contribution in [3.8, 4) is 0 Å². The number of carbonyl (C=O) groups is 2. The molecule has 0 radical (unpaired) electrons. The number of thioether (sulfide) groups is 1. The summed E-state index contributed by atoms with van der Waals surface area (Å²) in [5.41, 5.74) is 1.56. The molecule has 156 valence electrons. The third-order valence-electron chi connectivity index (χ3n) is 5.71. The van der Waals surface area contributed by atoms with Crippen LogP contribution in [0.5, 0.6) is 0 Å². The molecule has 0 bridgehead atoms. The lowest BCUT2D eigenvalue weighted by molar-refractivity contribution is -0.123. The van der Waals surface area contributed by atoms with Gasteiger partial charge in [-0.15, -0.1) is 0 Å². The number of anilines is 1. The quantitative estimate of drug-likeness (QED) is 0.637. The lowest BCUT2D eigenvalue weighted by Gasteiger charge is -2.31. The number of benzene rings is 2. The van der Waals surface area contributed by atoms with E-state index in [2.05, 4.69) is 12.2 Å². The zero-order chi connectivity index (χ0) is 21.1. The van der Waals surface area contributed by atoms with Gasteiger partial charge in [0.2, 0.25) is 5.91 Å². The van der Waals surface area contributed by atoms with Gasteiger partial charge in [0, 0.05) is 16.0 Å². The van der Waals surface area contributed by atoms with E-state index in [0.29, 0.717) is 9.93 Å². The molecule has 2 aromatic carbocycles. The first-order valence-electron chi connectivity index (χ1n) is 10.4. The Morgan fingerprint density at radius 3 is 2.60 bits per heavy atom. The molecule has 0 atom stereocenters. The van der Waals surface area contributed by atoms with Crippen LogP contribution < -0.4 is 10.2 Å². The molecule has 4 rings (SSSR count). The van der Waals surface area contributed by atoms with E-state index < -0.39 is 0 Å². The van der Waals surface area contributed by atoms with Gasteiger partial charge >= 0.3 is 0 Å². The van der Waals surface area contributed by atoms with Gasteiger partial charge in [0.15, 0.2) is 0 Å². The topological polar surface area (TPSA) is 49.4 Å². The molecule has 2 aromatic rings. The molecular weight excluding hydrogens is 416 g/mol. The van der Waals surface area contributed by atoms with E-state index in [1.165, 1.54) is 11.8 Å². The van der Waals surface area contributed by atoms with Gasteiger partial charge in [0.25, 0.3) is 5.91 Å². The fourth-order valence-corrected chi connectivity index (χ4v) is 5.21. The summed E-state index contributed by atoms with van der Waals surface area (Å²) >= 11 is 7.70. The Hall–Kier alpha value is -2.24. The smallest absolute Gasteiger partial charge is 0.265 e. The number of fused-ring (bicyclic) bond motifs is 1. The maximum Gasteiger partial charge on any atom is 0.265 e. The number of halogens is 1. The van der Waals surface area contributed by atoms with Crippen LogP contribution in [-0.4, -0.2) is 24.4 Å². The molecule has 0 saturated heterocycles.